The molecule has 0 radical (unpaired) electrons. The van der Waals surface area contributed by atoms with Gasteiger partial charge in [-0.3, -0.25) is 0 Å². The van der Waals surface area contributed by atoms with Gasteiger partial charge in [0.25, 0.3) is 0 Å². The van der Waals surface area contributed by atoms with Crippen molar-refractivity contribution in [2.24, 2.45) is 9.98 Å². The van der Waals surface area contributed by atoms with Gasteiger partial charge >= 0.3 is 0 Å². The summed E-state index contributed by atoms with van der Waals surface area (Å²) in [5.74, 6) is 1.27. The lowest BCUT2D eigenvalue weighted by Crippen LogP contribution is -2.33. The van der Waals surface area contributed by atoms with Crippen molar-refractivity contribution in [3.05, 3.63) is 278 Å². The smallest absolute Gasteiger partial charge is 0.159 e. The minimum absolute atomic E-state index is 0.526. The minimum Gasteiger partial charge on any atom is -0.456 e. The van der Waals surface area contributed by atoms with E-state index in [0.29, 0.717) is 11.7 Å². The highest BCUT2D eigenvalue weighted by molar-refractivity contribution is 6.26. The highest BCUT2D eigenvalue weighted by Crippen LogP contribution is 2.47. The molecule has 0 amide bonds. The van der Waals surface area contributed by atoms with Crippen LogP contribution in [0.15, 0.2) is 284 Å². The Morgan fingerprint density at radius 1 is 0.337 bits per heavy atom. The predicted molar refractivity (Wildman–Crippen MR) is 340 cm³/mol. The topological polar surface area (TPSA) is 86.0 Å². The van der Waals surface area contributed by atoms with E-state index in [9.17, 15) is 0 Å². The van der Waals surface area contributed by atoms with Gasteiger partial charge in [-0.2, -0.15) is 0 Å². The Morgan fingerprint density at radius 3 is 1.59 bits per heavy atom. The van der Waals surface area contributed by atoms with E-state index in [-0.39, 0.29) is 0 Å². The number of fused-ring (bicyclic) bond motifs is 16. The van der Waals surface area contributed by atoms with Crippen LogP contribution in [0.5, 0.6) is 0 Å². The normalized spacial score (nSPS) is 13.9. The Hall–Kier alpha value is -11.2. The molecule has 6 heterocycles. The zero-order valence-corrected chi connectivity index (χ0v) is 44.4. The highest BCUT2D eigenvalue weighted by atomic mass is 16.3. The van der Waals surface area contributed by atoms with Gasteiger partial charge in [0, 0.05) is 88.0 Å². The third-order valence-corrected chi connectivity index (χ3v) is 17.0. The van der Waals surface area contributed by atoms with E-state index >= 15 is 0 Å². The van der Waals surface area contributed by atoms with Gasteiger partial charge in [-0.25, -0.2) is 9.98 Å². The van der Waals surface area contributed by atoms with Crippen molar-refractivity contribution in [2.75, 3.05) is 0 Å². The lowest BCUT2D eigenvalue weighted by Gasteiger charge is -2.26. The number of nitrogens with one attached hydrogen (secondary N) is 1. The Kier molecular flexibility index (Phi) is 9.70. The molecule has 1 aliphatic heterocycles. The van der Waals surface area contributed by atoms with E-state index in [1.54, 1.807) is 0 Å². The first-order valence-corrected chi connectivity index (χ1v) is 28.1. The van der Waals surface area contributed by atoms with E-state index in [4.69, 9.17) is 23.2 Å². The number of nitrogens with zero attached hydrogens (tertiary/aromatic N) is 4. The van der Waals surface area contributed by atoms with Crippen LogP contribution in [-0.2, 0) is 0 Å². The number of para-hydroxylation sites is 5. The first-order chi connectivity index (χ1) is 41.1. The van der Waals surface area contributed by atoms with Crippen molar-refractivity contribution in [1.29, 1.82) is 0 Å². The Bertz CT molecular complexity index is 5540. The number of aliphatic imine (C=N–C) groups is 2. The minimum atomic E-state index is -0.526. The molecule has 0 saturated heterocycles. The monoisotopic (exact) mass is 1060 g/mol. The summed E-state index contributed by atoms with van der Waals surface area (Å²) in [7, 11) is 0. The maximum absolute atomic E-state index is 7.24. The molecule has 0 aliphatic carbocycles. The number of furan rings is 3. The molecule has 0 fully saturated rings. The van der Waals surface area contributed by atoms with Gasteiger partial charge in [-0.15, -0.1) is 0 Å². The Morgan fingerprint density at radius 2 is 0.892 bits per heavy atom. The second kappa shape index (κ2) is 17.6. The number of amidine groups is 2. The molecule has 0 spiro atoms. The van der Waals surface area contributed by atoms with Crippen molar-refractivity contribution in [3.8, 4) is 33.6 Å². The SMILES string of the molecule is c1ccc(-c2cc(C3=NC(c4ccc5c(c4)oc4ccccc45)=NC(c4ccc5c(c4)oc4ccccc45)N3)cc(-c3ccccc3)c2-n2c3ccccc3c3c4oc5cc6c(cc5c4ccc32)c2ccccc2n6-c2ccccc2)cc1. The van der Waals surface area contributed by atoms with E-state index in [0.717, 1.165) is 149 Å². The van der Waals surface area contributed by atoms with Gasteiger partial charge in [0.2, 0.25) is 0 Å². The van der Waals surface area contributed by atoms with Crippen molar-refractivity contribution < 1.29 is 13.3 Å². The number of hydrogen-bond acceptors (Lipinski definition) is 6. The average Bonchev–Trinajstić information content (AvgIpc) is 3.20. The molecule has 1 atom stereocenters. The van der Waals surface area contributed by atoms with Gasteiger partial charge in [-0.05, 0) is 96.1 Å². The Balaban J connectivity index is 0.871. The van der Waals surface area contributed by atoms with Crippen LogP contribution in [0.2, 0.25) is 0 Å². The van der Waals surface area contributed by atoms with E-state index < -0.39 is 6.17 Å². The fourth-order valence-electron chi connectivity index (χ4n) is 13.2. The zero-order valence-electron chi connectivity index (χ0n) is 44.4. The fourth-order valence-corrected chi connectivity index (χ4v) is 13.2. The van der Waals surface area contributed by atoms with E-state index in [2.05, 4.69) is 245 Å². The third kappa shape index (κ3) is 6.93. The lowest BCUT2D eigenvalue weighted by atomic mass is 9.92. The molecule has 1 N–H and O–H groups in total. The van der Waals surface area contributed by atoms with Crippen LogP contribution in [0.4, 0.5) is 0 Å². The molecule has 0 saturated carbocycles. The molecule has 18 rings (SSSR count). The molecule has 17 aromatic rings. The molecule has 5 aromatic heterocycles. The first kappa shape index (κ1) is 45.6. The molecule has 0 bridgehead atoms. The summed E-state index contributed by atoms with van der Waals surface area (Å²) < 4.78 is 25.0. The summed E-state index contributed by atoms with van der Waals surface area (Å²) in [4.78, 5) is 10.9. The van der Waals surface area contributed by atoms with Crippen LogP contribution < -0.4 is 5.32 Å². The largest absolute Gasteiger partial charge is 0.456 e. The third-order valence-electron chi connectivity index (χ3n) is 17.0. The summed E-state index contributed by atoms with van der Waals surface area (Å²) in [6, 6.07) is 92.2. The molecular formula is C75H45N5O3. The molecule has 8 heteroatoms. The van der Waals surface area contributed by atoms with E-state index in [1.807, 2.05) is 30.3 Å². The van der Waals surface area contributed by atoms with Gasteiger partial charge in [-0.1, -0.05) is 170 Å². The Labute approximate surface area is 473 Å². The maximum atomic E-state index is 7.24. The zero-order chi connectivity index (χ0) is 54.3. The first-order valence-electron chi connectivity index (χ1n) is 28.1. The second-order valence-electron chi connectivity index (χ2n) is 21.6. The van der Waals surface area contributed by atoms with Crippen LogP contribution >= 0.6 is 0 Å². The number of aromatic nitrogens is 2. The molecular weight excluding hydrogens is 1020 g/mol. The maximum Gasteiger partial charge on any atom is 0.159 e. The van der Waals surface area contributed by atoms with Crippen LogP contribution in [-0.4, -0.2) is 20.8 Å². The van der Waals surface area contributed by atoms with Gasteiger partial charge < -0.3 is 27.7 Å². The standard InChI is InChI=1S/C75H45N5O3/c1-4-18-44(19-5-1)57-38-48(75-77-73(46-32-34-53-51-25-12-16-30-65(51)81-67(53)40-46)76-74(78-75)47-33-35-54-52-26-13-17-31-66(52)82-68(54)41-47)39-58(45-20-6-2-7-21-45)71(57)80-62-29-15-11-27-56(62)70-63(80)37-36-55-60-42-59-50-24-10-14-28-61(50)79(49-22-8-3-9-23-49)64(59)43-69(60)83-72(55)70/h1-43,73H,(H,76,77,78). The number of hydrogen-bond donors (Lipinski definition) is 1. The van der Waals surface area contributed by atoms with Crippen molar-refractivity contribution >= 4 is 121 Å². The van der Waals surface area contributed by atoms with Gasteiger partial charge in [0.1, 0.15) is 45.5 Å². The summed E-state index contributed by atoms with van der Waals surface area (Å²) in [5.41, 5.74) is 18.3. The predicted octanol–water partition coefficient (Wildman–Crippen LogP) is 19.4. The van der Waals surface area contributed by atoms with Gasteiger partial charge in [0.05, 0.1) is 33.1 Å². The van der Waals surface area contributed by atoms with E-state index in [1.165, 1.54) is 10.8 Å². The number of benzene rings is 12. The van der Waals surface area contributed by atoms with Crippen molar-refractivity contribution in [1.82, 2.24) is 14.5 Å². The van der Waals surface area contributed by atoms with Crippen LogP contribution in [0.1, 0.15) is 22.9 Å². The summed E-state index contributed by atoms with van der Waals surface area (Å²) >= 11 is 0. The molecule has 8 nitrogen and oxygen atoms in total. The quantitative estimate of drug-likeness (QED) is 0.172. The van der Waals surface area contributed by atoms with Crippen LogP contribution in [0, 0.1) is 0 Å². The lowest BCUT2D eigenvalue weighted by molar-refractivity contribution is 0.655. The van der Waals surface area contributed by atoms with Gasteiger partial charge in [0.15, 0.2) is 5.84 Å². The second-order valence-corrected chi connectivity index (χ2v) is 21.6. The number of rotatable bonds is 7. The molecule has 1 aliphatic rings. The highest BCUT2D eigenvalue weighted by Gasteiger charge is 2.28. The fraction of sp³-hybridized carbons (Fsp3) is 0.0133. The van der Waals surface area contributed by atoms with Crippen LogP contribution in [0.3, 0.4) is 0 Å². The van der Waals surface area contributed by atoms with Crippen LogP contribution in [0.25, 0.3) is 143 Å². The van der Waals surface area contributed by atoms with Crippen molar-refractivity contribution in [2.45, 2.75) is 6.17 Å². The van der Waals surface area contributed by atoms with Crippen molar-refractivity contribution in [3.63, 3.8) is 0 Å². The molecule has 12 aromatic carbocycles. The molecule has 388 valence electrons. The summed E-state index contributed by atoms with van der Waals surface area (Å²) in [6.45, 7) is 0. The molecule has 1 unspecified atom stereocenters. The summed E-state index contributed by atoms with van der Waals surface area (Å²) in [6.07, 6.45) is -0.526. The molecule has 83 heavy (non-hydrogen) atoms. The summed E-state index contributed by atoms with van der Waals surface area (Å²) in [5, 5.41) is 14.8. The average molecular weight is 1060 g/mol.